The van der Waals surface area contributed by atoms with E-state index in [4.69, 9.17) is 9.47 Å². The molecule has 0 bridgehead atoms. The van der Waals surface area contributed by atoms with Crippen LogP contribution in [-0.2, 0) is 11.2 Å². The molecule has 0 amide bonds. The Morgan fingerprint density at radius 3 is 2.55 bits per heavy atom. The zero-order chi connectivity index (χ0) is 15.0. The molecule has 0 aliphatic carbocycles. The van der Waals surface area contributed by atoms with Gasteiger partial charge in [0, 0.05) is 13.2 Å². The SMILES string of the molecule is CCCNC(Cc1cccc(OC)c1F)C(CC)OC. The Morgan fingerprint density at radius 2 is 2.00 bits per heavy atom. The highest BCUT2D eigenvalue weighted by Gasteiger charge is 2.21. The van der Waals surface area contributed by atoms with Crippen LogP contribution in [0.25, 0.3) is 0 Å². The van der Waals surface area contributed by atoms with E-state index >= 15 is 0 Å². The maximum atomic E-state index is 14.2. The first-order valence-electron chi connectivity index (χ1n) is 7.25. The van der Waals surface area contributed by atoms with E-state index in [1.165, 1.54) is 7.11 Å². The molecule has 1 aromatic carbocycles. The van der Waals surface area contributed by atoms with Crippen molar-refractivity contribution >= 4 is 0 Å². The minimum absolute atomic E-state index is 0.0761. The van der Waals surface area contributed by atoms with Crippen LogP contribution >= 0.6 is 0 Å². The van der Waals surface area contributed by atoms with Gasteiger partial charge in [0.25, 0.3) is 0 Å². The van der Waals surface area contributed by atoms with Gasteiger partial charge < -0.3 is 14.8 Å². The van der Waals surface area contributed by atoms with Gasteiger partial charge in [-0.1, -0.05) is 26.0 Å². The normalized spacial score (nSPS) is 14.1. The fourth-order valence-corrected chi connectivity index (χ4v) is 2.39. The minimum atomic E-state index is -0.274. The van der Waals surface area contributed by atoms with Gasteiger partial charge >= 0.3 is 0 Å². The molecule has 0 heterocycles. The standard InChI is InChI=1S/C16H26FNO2/c1-5-10-18-13(14(6-2)19-3)11-12-8-7-9-15(20-4)16(12)17/h7-9,13-14,18H,5-6,10-11H2,1-4H3. The molecule has 0 saturated carbocycles. The highest BCUT2D eigenvalue weighted by atomic mass is 19.1. The molecular formula is C16H26FNO2. The second-order valence-corrected chi connectivity index (χ2v) is 4.88. The molecule has 0 saturated heterocycles. The molecule has 1 rings (SSSR count). The monoisotopic (exact) mass is 283 g/mol. The summed E-state index contributed by atoms with van der Waals surface area (Å²) in [6, 6.07) is 5.37. The lowest BCUT2D eigenvalue weighted by atomic mass is 9.98. The largest absolute Gasteiger partial charge is 0.494 e. The smallest absolute Gasteiger partial charge is 0.168 e. The van der Waals surface area contributed by atoms with Crippen molar-refractivity contribution in [2.24, 2.45) is 0 Å². The van der Waals surface area contributed by atoms with Gasteiger partial charge in [0.15, 0.2) is 11.6 Å². The lowest BCUT2D eigenvalue weighted by Gasteiger charge is -2.26. The summed E-state index contributed by atoms with van der Waals surface area (Å²) in [5.74, 6) is 0.0199. The maximum absolute atomic E-state index is 14.2. The van der Waals surface area contributed by atoms with Crippen molar-refractivity contribution in [2.45, 2.75) is 45.3 Å². The summed E-state index contributed by atoms with van der Waals surface area (Å²) in [6.07, 6.45) is 2.60. The molecule has 20 heavy (non-hydrogen) atoms. The zero-order valence-corrected chi connectivity index (χ0v) is 12.9. The van der Waals surface area contributed by atoms with Crippen molar-refractivity contribution in [1.29, 1.82) is 0 Å². The van der Waals surface area contributed by atoms with Gasteiger partial charge in [-0.15, -0.1) is 0 Å². The van der Waals surface area contributed by atoms with E-state index < -0.39 is 0 Å². The summed E-state index contributed by atoms with van der Waals surface area (Å²) >= 11 is 0. The Labute approximate surface area is 121 Å². The number of methoxy groups -OCH3 is 2. The Morgan fingerprint density at radius 1 is 1.25 bits per heavy atom. The Balaban J connectivity index is 2.88. The second kappa shape index (κ2) is 8.93. The molecule has 2 atom stereocenters. The van der Waals surface area contributed by atoms with Crippen LogP contribution in [0, 0.1) is 5.82 Å². The third-order valence-corrected chi connectivity index (χ3v) is 3.51. The van der Waals surface area contributed by atoms with Crippen molar-refractivity contribution < 1.29 is 13.9 Å². The van der Waals surface area contributed by atoms with Crippen LogP contribution < -0.4 is 10.1 Å². The van der Waals surface area contributed by atoms with Crippen LogP contribution in [0.4, 0.5) is 4.39 Å². The first kappa shape index (κ1) is 16.9. The van der Waals surface area contributed by atoms with Crippen LogP contribution in [0.15, 0.2) is 18.2 Å². The summed E-state index contributed by atoms with van der Waals surface area (Å²) < 4.78 is 24.8. The van der Waals surface area contributed by atoms with Gasteiger partial charge in [-0.3, -0.25) is 0 Å². The summed E-state index contributed by atoms with van der Waals surface area (Å²) in [5, 5.41) is 3.45. The predicted octanol–water partition coefficient (Wildman–Crippen LogP) is 3.17. The number of nitrogens with one attached hydrogen (secondary N) is 1. The highest BCUT2D eigenvalue weighted by molar-refractivity contribution is 5.31. The predicted molar refractivity (Wildman–Crippen MR) is 79.8 cm³/mol. The molecule has 1 N–H and O–H groups in total. The third kappa shape index (κ3) is 4.46. The van der Waals surface area contributed by atoms with E-state index in [-0.39, 0.29) is 18.0 Å². The van der Waals surface area contributed by atoms with E-state index in [9.17, 15) is 4.39 Å². The summed E-state index contributed by atoms with van der Waals surface area (Å²) in [5.41, 5.74) is 0.661. The van der Waals surface area contributed by atoms with Gasteiger partial charge in [-0.25, -0.2) is 4.39 Å². The van der Waals surface area contributed by atoms with Gasteiger partial charge in [0.05, 0.1) is 13.2 Å². The molecule has 0 aliphatic rings. The topological polar surface area (TPSA) is 30.5 Å². The maximum Gasteiger partial charge on any atom is 0.168 e. The van der Waals surface area contributed by atoms with E-state index in [1.54, 1.807) is 19.2 Å². The summed E-state index contributed by atoms with van der Waals surface area (Å²) in [4.78, 5) is 0. The number of benzene rings is 1. The van der Waals surface area contributed by atoms with Crippen LogP contribution in [-0.4, -0.2) is 32.9 Å². The zero-order valence-electron chi connectivity index (χ0n) is 12.9. The van der Waals surface area contributed by atoms with Gasteiger partial charge in [0.2, 0.25) is 0 Å². The van der Waals surface area contributed by atoms with Crippen LogP contribution in [0.2, 0.25) is 0 Å². The van der Waals surface area contributed by atoms with E-state index in [2.05, 4.69) is 19.2 Å². The molecule has 0 radical (unpaired) electrons. The number of rotatable bonds is 9. The fraction of sp³-hybridized carbons (Fsp3) is 0.625. The molecule has 0 aliphatic heterocycles. The van der Waals surface area contributed by atoms with E-state index in [0.717, 1.165) is 19.4 Å². The van der Waals surface area contributed by atoms with Crippen LogP contribution in [0.1, 0.15) is 32.3 Å². The second-order valence-electron chi connectivity index (χ2n) is 4.88. The van der Waals surface area contributed by atoms with E-state index in [0.29, 0.717) is 17.7 Å². The molecule has 0 spiro atoms. The molecule has 3 nitrogen and oxygen atoms in total. The van der Waals surface area contributed by atoms with Gasteiger partial charge in [-0.2, -0.15) is 0 Å². The van der Waals surface area contributed by atoms with Gasteiger partial charge in [-0.05, 0) is 37.4 Å². The molecule has 4 heteroatoms. The first-order valence-corrected chi connectivity index (χ1v) is 7.25. The van der Waals surface area contributed by atoms with Crippen molar-refractivity contribution in [3.8, 4) is 5.75 Å². The molecule has 114 valence electrons. The number of ether oxygens (including phenoxy) is 2. The lowest BCUT2D eigenvalue weighted by Crippen LogP contribution is -2.42. The quantitative estimate of drug-likeness (QED) is 0.755. The summed E-state index contributed by atoms with van der Waals surface area (Å²) in [6.45, 7) is 5.09. The van der Waals surface area contributed by atoms with E-state index in [1.807, 2.05) is 6.07 Å². The highest BCUT2D eigenvalue weighted by Crippen LogP contribution is 2.22. The average Bonchev–Trinajstić information content (AvgIpc) is 2.47. The average molecular weight is 283 g/mol. The van der Waals surface area contributed by atoms with Crippen molar-refractivity contribution in [3.05, 3.63) is 29.6 Å². The lowest BCUT2D eigenvalue weighted by molar-refractivity contribution is 0.0650. The Bertz CT molecular complexity index is 394. The molecule has 0 fully saturated rings. The van der Waals surface area contributed by atoms with Crippen molar-refractivity contribution in [3.63, 3.8) is 0 Å². The fourth-order valence-electron chi connectivity index (χ4n) is 2.39. The number of hydrogen-bond donors (Lipinski definition) is 1. The molecule has 2 unspecified atom stereocenters. The van der Waals surface area contributed by atoms with Crippen molar-refractivity contribution in [1.82, 2.24) is 5.32 Å². The summed E-state index contributed by atoms with van der Waals surface area (Å²) in [7, 11) is 3.19. The minimum Gasteiger partial charge on any atom is -0.494 e. The third-order valence-electron chi connectivity index (χ3n) is 3.51. The number of hydrogen-bond acceptors (Lipinski definition) is 3. The molecule has 1 aromatic rings. The molecule has 0 aromatic heterocycles. The Kier molecular flexibility index (Phi) is 7.55. The number of halogens is 1. The molecular weight excluding hydrogens is 257 g/mol. The van der Waals surface area contributed by atoms with Crippen molar-refractivity contribution in [2.75, 3.05) is 20.8 Å². The van der Waals surface area contributed by atoms with Crippen LogP contribution in [0.3, 0.4) is 0 Å². The Hall–Kier alpha value is -1.13. The van der Waals surface area contributed by atoms with Gasteiger partial charge in [0.1, 0.15) is 0 Å². The first-order chi connectivity index (χ1) is 9.67. The van der Waals surface area contributed by atoms with Crippen LogP contribution in [0.5, 0.6) is 5.75 Å².